The minimum Gasteiger partial charge on any atom is -0.393 e. The predicted molar refractivity (Wildman–Crippen MR) is 71.7 cm³/mol. The van der Waals surface area contributed by atoms with Crippen LogP contribution in [-0.4, -0.2) is 31.3 Å². The van der Waals surface area contributed by atoms with Crippen LogP contribution in [0.3, 0.4) is 0 Å². The second-order valence-electron chi connectivity index (χ2n) is 4.50. The van der Waals surface area contributed by atoms with E-state index in [0.29, 0.717) is 0 Å². The second-order valence-corrected chi connectivity index (χ2v) is 4.90. The van der Waals surface area contributed by atoms with Gasteiger partial charge in [0.15, 0.2) is 0 Å². The van der Waals surface area contributed by atoms with Gasteiger partial charge in [-0.3, -0.25) is 0 Å². The first-order chi connectivity index (χ1) is 8.22. The molecule has 0 amide bonds. The van der Waals surface area contributed by atoms with Crippen molar-refractivity contribution in [2.24, 2.45) is 0 Å². The molecule has 2 N–H and O–H groups in total. The number of halogens is 1. The zero-order valence-electron chi connectivity index (χ0n) is 10.1. The summed E-state index contributed by atoms with van der Waals surface area (Å²) in [5.74, 6) is 0. The molecule has 94 valence electrons. The number of aliphatic hydroxyl groups is 1. The van der Waals surface area contributed by atoms with E-state index >= 15 is 0 Å². The number of piperidine rings is 1. The van der Waals surface area contributed by atoms with Gasteiger partial charge in [-0.1, -0.05) is 23.7 Å². The van der Waals surface area contributed by atoms with Gasteiger partial charge in [0.25, 0.3) is 0 Å². The lowest BCUT2D eigenvalue weighted by Gasteiger charge is -2.33. The molecule has 0 bridgehead atoms. The number of anilines is 1. The van der Waals surface area contributed by atoms with E-state index in [-0.39, 0.29) is 6.10 Å². The molecule has 0 spiro atoms. The van der Waals surface area contributed by atoms with Crippen molar-refractivity contribution in [3.8, 4) is 0 Å². The van der Waals surface area contributed by atoms with Crippen molar-refractivity contribution < 1.29 is 5.11 Å². The monoisotopic (exact) mass is 254 g/mol. The number of nitrogens with zero attached hydrogens (tertiary/aromatic N) is 1. The summed E-state index contributed by atoms with van der Waals surface area (Å²) in [4.78, 5) is 2.28. The average Bonchev–Trinajstić information content (AvgIpc) is 2.32. The minimum absolute atomic E-state index is 0.151. The topological polar surface area (TPSA) is 35.5 Å². The third-order valence-corrected chi connectivity index (χ3v) is 3.52. The van der Waals surface area contributed by atoms with Crippen LogP contribution in [0, 0.1) is 0 Å². The molecule has 1 saturated heterocycles. The summed E-state index contributed by atoms with van der Waals surface area (Å²) in [6.07, 6.45) is 1.50. The van der Waals surface area contributed by atoms with Gasteiger partial charge in [-0.25, -0.2) is 0 Å². The summed E-state index contributed by atoms with van der Waals surface area (Å²) in [6, 6.07) is 6.02. The maximum atomic E-state index is 9.54. The molecule has 1 aliphatic rings. The van der Waals surface area contributed by atoms with E-state index in [1.165, 1.54) is 5.56 Å². The Kier molecular flexibility index (Phi) is 4.26. The molecular weight excluding hydrogens is 236 g/mol. The number of nitrogens with one attached hydrogen (secondary N) is 1. The van der Waals surface area contributed by atoms with E-state index in [1.807, 2.05) is 19.2 Å². The maximum Gasteiger partial charge on any atom is 0.0642 e. The van der Waals surface area contributed by atoms with Crippen LogP contribution in [0.25, 0.3) is 0 Å². The first-order valence-corrected chi connectivity index (χ1v) is 6.45. The van der Waals surface area contributed by atoms with Gasteiger partial charge in [0, 0.05) is 19.6 Å². The molecule has 2 rings (SSSR count). The fourth-order valence-electron chi connectivity index (χ4n) is 2.34. The van der Waals surface area contributed by atoms with Crippen LogP contribution in [0.5, 0.6) is 0 Å². The van der Waals surface area contributed by atoms with Crippen molar-refractivity contribution in [3.05, 3.63) is 28.8 Å². The maximum absolute atomic E-state index is 9.54. The summed E-state index contributed by atoms with van der Waals surface area (Å²) in [5, 5.41) is 13.5. The zero-order valence-corrected chi connectivity index (χ0v) is 10.9. The molecule has 3 nitrogen and oxygen atoms in total. The third-order valence-electron chi connectivity index (χ3n) is 3.22. The van der Waals surface area contributed by atoms with Crippen LogP contribution in [0.4, 0.5) is 5.69 Å². The summed E-state index contributed by atoms with van der Waals surface area (Å²) >= 11 is 6.30. The van der Waals surface area contributed by atoms with Gasteiger partial charge in [0.05, 0.1) is 16.8 Å². The molecule has 0 atom stereocenters. The Morgan fingerprint density at radius 3 is 2.76 bits per heavy atom. The largest absolute Gasteiger partial charge is 0.393 e. The Morgan fingerprint density at radius 2 is 2.12 bits per heavy atom. The minimum atomic E-state index is -0.151. The second kappa shape index (κ2) is 5.71. The number of benzene rings is 1. The highest BCUT2D eigenvalue weighted by molar-refractivity contribution is 6.33. The summed E-state index contributed by atoms with van der Waals surface area (Å²) in [6.45, 7) is 2.57. The summed E-state index contributed by atoms with van der Waals surface area (Å²) < 4.78 is 0. The van der Waals surface area contributed by atoms with Gasteiger partial charge >= 0.3 is 0 Å². The van der Waals surface area contributed by atoms with Crippen molar-refractivity contribution in [2.75, 3.05) is 25.0 Å². The Morgan fingerprint density at radius 1 is 1.41 bits per heavy atom. The van der Waals surface area contributed by atoms with Gasteiger partial charge in [0.2, 0.25) is 0 Å². The first kappa shape index (κ1) is 12.7. The van der Waals surface area contributed by atoms with Crippen LogP contribution in [0.1, 0.15) is 18.4 Å². The highest BCUT2D eigenvalue weighted by Gasteiger charge is 2.20. The van der Waals surface area contributed by atoms with E-state index in [0.717, 1.165) is 43.2 Å². The van der Waals surface area contributed by atoms with Gasteiger partial charge in [-0.05, 0) is 31.5 Å². The smallest absolute Gasteiger partial charge is 0.0642 e. The molecule has 0 saturated carbocycles. The quantitative estimate of drug-likeness (QED) is 0.866. The molecule has 1 aliphatic heterocycles. The number of rotatable bonds is 3. The lowest BCUT2D eigenvalue weighted by Crippen LogP contribution is -2.36. The van der Waals surface area contributed by atoms with E-state index in [2.05, 4.69) is 16.3 Å². The van der Waals surface area contributed by atoms with Crippen molar-refractivity contribution in [3.63, 3.8) is 0 Å². The molecule has 1 heterocycles. The molecule has 4 heteroatoms. The lowest BCUT2D eigenvalue weighted by molar-refractivity contribution is 0.145. The highest BCUT2D eigenvalue weighted by Crippen LogP contribution is 2.31. The molecule has 1 aromatic carbocycles. The fraction of sp³-hybridized carbons (Fsp3) is 0.538. The van der Waals surface area contributed by atoms with Gasteiger partial charge in [0.1, 0.15) is 0 Å². The van der Waals surface area contributed by atoms with Crippen LogP contribution in [-0.2, 0) is 6.54 Å². The van der Waals surface area contributed by atoms with Gasteiger partial charge in [-0.15, -0.1) is 0 Å². The van der Waals surface area contributed by atoms with E-state index < -0.39 is 0 Å². The van der Waals surface area contributed by atoms with Gasteiger partial charge in [-0.2, -0.15) is 0 Å². The first-order valence-electron chi connectivity index (χ1n) is 6.07. The number of aliphatic hydroxyl groups excluding tert-OH is 1. The lowest BCUT2D eigenvalue weighted by atomic mass is 10.0. The molecule has 0 radical (unpaired) electrons. The molecule has 1 aromatic rings. The van der Waals surface area contributed by atoms with Crippen molar-refractivity contribution in [1.82, 2.24) is 5.32 Å². The predicted octanol–water partition coefficient (Wildman–Crippen LogP) is 2.02. The van der Waals surface area contributed by atoms with Crippen molar-refractivity contribution in [1.29, 1.82) is 0 Å². The average molecular weight is 255 g/mol. The molecule has 0 aliphatic carbocycles. The Labute approximate surface area is 107 Å². The molecular formula is C13H19ClN2O. The number of hydrogen-bond donors (Lipinski definition) is 2. The third kappa shape index (κ3) is 2.92. The SMILES string of the molecule is CNCc1cccc(Cl)c1N1CCC(O)CC1. The molecule has 1 fully saturated rings. The summed E-state index contributed by atoms with van der Waals surface area (Å²) in [5.41, 5.74) is 2.34. The molecule has 0 unspecified atom stereocenters. The van der Waals surface area contributed by atoms with Crippen molar-refractivity contribution in [2.45, 2.75) is 25.5 Å². The van der Waals surface area contributed by atoms with Gasteiger partial charge < -0.3 is 15.3 Å². The van der Waals surface area contributed by atoms with Crippen molar-refractivity contribution >= 4 is 17.3 Å². The fourth-order valence-corrected chi connectivity index (χ4v) is 2.65. The normalized spacial score (nSPS) is 17.5. The van der Waals surface area contributed by atoms with Crippen LogP contribution < -0.4 is 10.2 Å². The molecule has 0 aromatic heterocycles. The number of para-hydroxylation sites is 1. The highest BCUT2D eigenvalue weighted by atomic mass is 35.5. The molecule has 17 heavy (non-hydrogen) atoms. The van der Waals surface area contributed by atoms with E-state index in [9.17, 15) is 5.11 Å². The standard InChI is InChI=1S/C13H19ClN2O/c1-15-9-10-3-2-4-12(14)13(10)16-7-5-11(17)6-8-16/h2-4,11,15,17H,5-9H2,1H3. The summed E-state index contributed by atoms with van der Waals surface area (Å²) in [7, 11) is 1.94. The zero-order chi connectivity index (χ0) is 12.3. The number of hydrogen-bond acceptors (Lipinski definition) is 3. The van der Waals surface area contributed by atoms with E-state index in [4.69, 9.17) is 11.6 Å². The van der Waals surface area contributed by atoms with Crippen LogP contribution in [0.2, 0.25) is 5.02 Å². The Balaban J connectivity index is 2.23. The van der Waals surface area contributed by atoms with E-state index in [1.54, 1.807) is 0 Å². The Hall–Kier alpha value is -0.770. The Bertz CT molecular complexity index is 376. The van der Waals surface area contributed by atoms with Crippen LogP contribution >= 0.6 is 11.6 Å². The van der Waals surface area contributed by atoms with Crippen LogP contribution in [0.15, 0.2) is 18.2 Å².